The highest BCUT2D eigenvalue weighted by atomic mass is 16.6. The normalized spacial score (nSPS) is 13.3. The molecule has 0 spiro atoms. The van der Waals surface area contributed by atoms with Crippen LogP contribution in [0.25, 0.3) is 0 Å². The van der Waals surface area contributed by atoms with E-state index in [-0.39, 0.29) is 24.0 Å². The predicted octanol–water partition coefficient (Wildman–Crippen LogP) is 4.15. The molecule has 0 unspecified atom stereocenters. The van der Waals surface area contributed by atoms with Crippen LogP contribution in [0.4, 0.5) is 27.5 Å². The molecule has 1 saturated heterocycles. The molecule has 3 amide bonds. The zero-order valence-corrected chi connectivity index (χ0v) is 19.5. The summed E-state index contributed by atoms with van der Waals surface area (Å²) in [7, 11) is 1.76. The van der Waals surface area contributed by atoms with Gasteiger partial charge in [-0.25, -0.2) is 4.79 Å². The maximum atomic E-state index is 12.7. The first-order chi connectivity index (χ1) is 16.9. The average Bonchev–Trinajstić information content (AvgIpc) is 2.90. The Balaban J connectivity index is 1.26. The molecule has 4 rings (SSSR count). The number of carbonyl (C=O) groups excluding carboxylic acids is 2. The van der Waals surface area contributed by atoms with E-state index in [1.807, 2.05) is 42.5 Å². The summed E-state index contributed by atoms with van der Waals surface area (Å²) in [6.45, 7) is 2.37. The number of hydrogen-bond donors (Lipinski definition) is 1. The Kier molecular flexibility index (Phi) is 7.25. The zero-order chi connectivity index (χ0) is 24.8. The predicted molar refractivity (Wildman–Crippen MR) is 136 cm³/mol. The second kappa shape index (κ2) is 10.7. The Labute approximate surface area is 203 Å². The molecule has 9 nitrogen and oxygen atoms in total. The lowest BCUT2D eigenvalue weighted by Gasteiger charge is -2.36. The number of non-ortho nitro benzene ring substituents is 1. The van der Waals surface area contributed by atoms with Crippen LogP contribution >= 0.6 is 0 Å². The van der Waals surface area contributed by atoms with E-state index < -0.39 is 4.92 Å². The minimum atomic E-state index is -0.417. The van der Waals surface area contributed by atoms with Gasteiger partial charge in [0, 0.05) is 62.4 Å². The van der Waals surface area contributed by atoms with Gasteiger partial charge in [0.2, 0.25) is 5.91 Å². The van der Waals surface area contributed by atoms with E-state index >= 15 is 0 Å². The molecule has 3 aromatic rings. The molecule has 0 atom stereocenters. The third kappa shape index (κ3) is 5.94. The van der Waals surface area contributed by atoms with Gasteiger partial charge in [0.05, 0.1) is 11.3 Å². The van der Waals surface area contributed by atoms with Crippen LogP contribution in [0.3, 0.4) is 0 Å². The van der Waals surface area contributed by atoms with Gasteiger partial charge in [-0.1, -0.05) is 30.3 Å². The summed E-state index contributed by atoms with van der Waals surface area (Å²) in [5.41, 5.74) is 3.34. The smallest absolute Gasteiger partial charge is 0.321 e. The first-order valence-electron chi connectivity index (χ1n) is 11.4. The molecule has 1 fully saturated rings. The third-order valence-electron chi connectivity index (χ3n) is 6.07. The maximum Gasteiger partial charge on any atom is 0.321 e. The Morgan fingerprint density at radius 3 is 2.14 bits per heavy atom. The number of nitrogens with zero attached hydrogens (tertiary/aromatic N) is 4. The van der Waals surface area contributed by atoms with Crippen LogP contribution in [0, 0.1) is 10.1 Å². The molecular weight excluding hydrogens is 446 g/mol. The summed E-state index contributed by atoms with van der Waals surface area (Å²) >= 11 is 0. The van der Waals surface area contributed by atoms with Crippen LogP contribution in [0.1, 0.15) is 5.56 Å². The average molecular weight is 474 g/mol. The van der Waals surface area contributed by atoms with E-state index in [0.29, 0.717) is 31.9 Å². The number of urea groups is 1. The minimum absolute atomic E-state index is 0.0149. The van der Waals surface area contributed by atoms with Crippen molar-refractivity contribution in [2.24, 2.45) is 0 Å². The Morgan fingerprint density at radius 2 is 1.54 bits per heavy atom. The van der Waals surface area contributed by atoms with Gasteiger partial charge >= 0.3 is 6.03 Å². The van der Waals surface area contributed by atoms with Crippen LogP contribution in [-0.2, 0) is 11.2 Å². The van der Waals surface area contributed by atoms with Gasteiger partial charge in [0.15, 0.2) is 0 Å². The van der Waals surface area contributed by atoms with E-state index in [2.05, 4.69) is 10.2 Å². The lowest BCUT2D eigenvalue weighted by molar-refractivity contribution is -0.384. The molecule has 0 aromatic heterocycles. The van der Waals surface area contributed by atoms with Crippen molar-refractivity contribution in [3.8, 4) is 0 Å². The standard InChI is InChI=1S/C26H27N5O4/c1-28(22-5-3-2-4-6-22)25(32)19-20-7-9-21(10-8-20)27-26(33)30-17-15-29(16-18-30)23-11-13-24(14-12-23)31(34)35/h2-14H,15-19H2,1H3,(H,27,33). The number of carbonyl (C=O) groups is 2. The van der Waals surface area contributed by atoms with Crippen LogP contribution in [-0.4, -0.2) is 55.0 Å². The van der Waals surface area contributed by atoms with Crippen molar-refractivity contribution >= 4 is 34.7 Å². The molecule has 0 saturated carbocycles. The molecule has 35 heavy (non-hydrogen) atoms. The highest BCUT2D eigenvalue weighted by molar-refractivity contribution is 5.94. The van der Waals surface area contributed by atoms with Gasteiger partial charge < -0.3 is 20.0 Å². The fourth-order valence-electron chi connectivity index (χ4n) is 3.95. The van der Waals surface area contributed by atoms with Crippen molar-refractivity contribution in [3.05, 3.63) is 94.5 Å². The van der Waals surface area contributed by atoms with E-state index in [1.54, 1.807) is 41.1 Å². The molecule has 0 bridgehead atoms. The minimum Gasteiger partial charge on any atom is -0.368 e. The quantitative estimate of drug-likeness (QED) is 0.428. The first-order valence-corrected chi connectivity index (χ1v) is 11.4. The van der Waals surface area contributed by atoms with E-state index in [4.69, 9.17) is 0 Å². The summed E-state index contributed by atoms with van der Waals surface area (Å²) < 4.78 is 0. The number of piperazine rings is 1. The van der Waals surface area contributed by atoms with E-state index in [9.17, 15) is 19.7 Å². The van der Waals surface area contributed by atoms with Crippen LogP contribution in [0.2, 0.25) is 0 Å². The molecule has 1 aliphatic heterocycles. The molecule has 9 heteroatoms. The number of hydrogen-bond acceptors (Lipinski definition) is 5. The molecule has 1 N–H and O–H groups in total. The number of nitro benzene ring substituents is 1. The molecule has 1 aliphatic rings. The highest BCUT2D eigenvalue weighted by Gasteiger charge is 2.22. The summed E-state index contributed by atoms with van der Waals surface area (Å²) in [4.78, 5) is 41.2. The number of likely N-dealkylation sites (N-methyl/N-ethyl adjacent to an activating group) is 1. The molecule has 0 aliphatic carbocycles. The van der Waals surface area contributed by atoms with Crippen LogP contribution < -0.4 is 15.1 Å². The molecular formula is C26H27N5O4. The maximum absolute atomic E-state index is 12.7. The van der Waals surface area contributed by atoms with Crippen molar-refractivity contribution in [1.82, 2.24) is 4.90 Å². The number of nitro groups is 1. The highest BCUT2D eigenvalue weighted by Crippen LogP contribution is 2.21. The van der Waals surface area contributed by atoms with Crippen molar-refractivity contribution in [3.63, 3.8) is 0 Å². The molecule has 1 heterocycles. The van der Waals surface area contributed by atoms with Crippen molar-refractivity contribution in [2.45, 2.75) is 6.42 Å². The van der Waals surface area contributed by atoms with Gasteiger partial charge in [-0.05, 0) is 42.0 Å². The number of benzene rings is 3. The van der Waals surface area contributed by atoms with Gasteiger partial charge in [0.25, 0.3) is 5.69 Å². The first kappa shape index (κ1) is 23.7. The van der Waals surface area contributed by atoms with Gasteiger partial charge in [-0.2, -0.15) is 0 Å². The summed E-state index contributed by atoms with van der Waals surface area (Å²) in [5, 5.41) is 13.7. The van der Waals surface area contributed by atoms with Gasteiger partial charge in [-0.15, -0.1) is 0 Å². The number of anilines is 3. The zero-order valence-electron chi connectivity index (χ0n) is 19.5. The van der Waals surface area contributed by atoms with Crippen LogP contribution in [0.15, 0.2) is 78.9 Å². The number of nitrogens with one attached hydrogen (secondary N) is 1. The molecule has 3 aromatic carbocycles. The second-order valence-corrected chi connectivity index (χ2v) is 8.34. The van der Waals surface area contributed by atoms with E-state index in [1.165, 1.54) is 12.1 Å². The number of amides is 3. The van der Waals surface area contributed by atoms with Crippen molar-refractivity contribution in [1.29, 1.82) is 0 Å². The van der Waals surface area contributed by atoms with Crippen LogP contribution in [0.5, 0.6) is 0 Å². The lowest BCUT2D eigenvalue weighted by Crippen LogP contribution is -2.50. The third-order valence-corrected chi connectivity index (χ3v) is 6.07. The van der Waals surface area contributed by atoms with Gasteiger partial charge in [-0.3, -0.25) is 14.9 Å². The molecule has 0 radical (unpaired) electrons. The Hall–Kier alpha value is -4.40. The topological polar surface area (TPSA) is 99.0 Å². The van der Waals surface area contributed by atoms with E-state index in [0.717, 1.165) is 16.9 Å². The van der Waals surface area contributed by atoms with Crippen molar-refractivity contribution in [2.75, 3.05) is 48.3 Å². The number of rotatable bonds is 6. The molecule has 180 valence electrons. The fraction of sp³-hybridized carbons (Fsp3) is 0.231. The lowest BCUT2D eigenvalue weighted by atomic mass is 10.1. The second-order valence-electron chi connectivity index (χ2n) is 8.34. The Morgan fingerprint density at radius 1 is 0.914 bits per heavy atom. The largest absolute Gasteiger partial charge is 0.368 e. The number of para-hydroxylation sites is 1. The Bertz CT molecular complexity index is 1170. The summed E-state index contributed by atoms with van der Waals surface area (Å²) in [5.74, 6) is -0.0149. The SMILES string of the molecule is CN(C(=O)Cc1ccc(NC(=O)N2CCN(c3ccc([N+](=O)[O-])cc3)CC2)cc1)c1ccccc1. The monoisotopic (exact) mass is 473 g/mol. The summed E-state index contributed by atoms with van der Waals surface area (Å²) in [6, 6.07) is 23.0. The fourth-order valence-corrected chi connectivity index (χ4v) is 3.95. The van der Waals surface area contributed by atoms with Crippen molar-refractivity contribution < 1.29 is 14.5 Å². The summed E-state index contributed by atoms with van der Waals surface area (Å²) in [6.07, 6.45) is 0.268. The van der Waals surface area contributed by atoms with Gasteiger partial charge in [0.1, 0.15) is 0 Å².